The molecule has 186 valence electrons. The lowest BCUT2D eigenvalue weighted by Crippen LogP contribution is -2.57. The number of hydrogen-bond donors (Lipinski definition) is 1. The third kappa shape index (κ3) is 5.08. The van der Waals surface area contributed by atoms with Crippen molar-refractivity contribution in [1.82, 2.24) is 18.2 Å². The molecule has 1 N–H and O–H groups in total. The summed E-state index contributed by atoms with van der Waals surface area (Å²) in [7, 11) is -2.46. The molecule has 0 aliphatic carbocycles. The van der Waals surface area contributed by atoms with Gasteiger partial charge >= 0.3 is 0 Å². The van der Waals surface area contributed by atoms with Crippen LogP contribution in [0.3, 0.4) is 0 Å². The van der Waals surface area contributed by atoms with E-state index in [0.29, 0.717) is 12.5 Å². The van der Waals surface area contributed by atoms with Crippen LogP contribution >= 0.6 is 0 Å². The zero-order valence-electron chi connectivity index (χ0n) is 19.7. The van der Waals surface area contributed by atoms with Crippen LogP contribution in [0.5, 0.6) is 5.75 Å². The van der Waals surface area contributed by atoms with Crippen LogP contribution in [-0.4, -0.2) is 89.5 Å². The van der Waals surface area contributed by atoms with E-state index < -0.39 is 20.2 Å². The second-order valence-electron chi connectivity index (χ2n) is 9.46. The SMILES string of the molecule is COc1cccc2c1[C@@H]1C[C@H]3[C@H](CCCN3S(=O)(=O)CCCNS(=O)(=O)N(C)C)CN1CC2. The number of rotatable bonds is 8. The monoisotopic (exact) mass is 500 g/mol. The zero-order valence-corrected chi connectivity index (χ0v) is 21.4. The Morgan fingerprint density at radius 1 is 1.18 bits per heavy atom. The van der Waals surface area contributed by atoms with Crippen LogP contribution in [0.15, 0.2) is 18.2 Å². The minimum atomic E-state index is -3.55. The fraction of sp³-hybridized carbons (Fsp3) is 0.727. The standard InChI is InChI=1S/C22H36N4O5S2/c1-24(2)33(29,30)23-11-6-14-32(27,28)26-12-5-8-18-16-25-13-10-17-7-4-9-21(31-3)22(17)20(25)15-19(18)26/h4,7,9,18-20,23H,5-6,8,10-16H2,1-3H3/t18-,19+,20+/m1/s1. The molecule has 33 heavy (non-hydrogen) atoms. The predicted octanol–water partition coefficient (Wildman–Crippen LogP) is 1.19. The third-order valence-electron chi connectivity index (χ3n) is 7.32. The number of ether oxygens (including phenoxy) is 1. The fourth-order valence-corrected chi connectivity index (χ4v) is 8.14. The minimum Gasteiger partial charge on any atom is -0.496 e. The number of nitrogens with zero attached hydrogens (tertiary/aromatic N) is 3. The molecule has 0 radical (unpaired) electrons. The van der Waals surface area contributed by atoms with E-state index in [2.05, 4.69) is 15.7 Å². The highest BCUT2D eigenvalue weighted by Gasteiger charge is 2.46. The van der Waals surface area contributed by atoms with Gasteiger partial charge in [-0.15, -0.1) is 0 Å². The molecule has 0 unspecified atom stereocenters. The van der Waals surface area contributed by atoms with E-state index in [4.69, 9.17) is 4.74 Å². The summed E-state index contributed by atoms with van der Waals surface area (Å²) in [5.74, 6) is 1.16. The van der Waals surface area contributed by atoms with Crippen LogP contribution in [0.1, 0.15) is 42.9 Å². The second kappa shape index (κ2) is 9.79. The molecule has 2 fully saturated rings. The second-order valence-corrected chi connectivity index (χ2v) is 13.5. The Hall–Kier alpha value is -1.24. The van der Waals surface area contributed by atoms with Gasteiger partial charge in [-0.25, -0.2) is 13.1 Å². The highest BCUT2D eigenvalue weighted by Crippen LogP contribution is 2.46. The van der Waals surface area contributed by atoms with Crippen LogP contribution in [0.4, 0.5) is 0 Å². The minimum absolute atomic E-state index is 0.0284. The zero-order chi connectivity index (χ0) is 23.8. The largest absolute Gasteiger partial charge is 0.496 e. The van der Waals surface area contributed by atoms with E-state index in [1.165, 1.54) is 25.2 Å². The molecule has 1 aromatic rings. The molecule has 0 amide bonds. The van der Waals surface area contributed by atoms with Crippen molar-refractivity contribution in [2.45, 2.75) is 44.2 Å². The summed E-state index contributed by atoms with van der Waals surface area (Å²) in [4.78, 5) is 2.51. The Balaban J connectivity index is 1.49. The molecular formula is C22H36N4O5S2. The average Bonchev–Trinajstić information content (AvgIpc) is 2.79. The normalized spacial score (nSPS) is 26.5. The van der Waals surface area contributed by atoms with Crippen molar-refractivity contribution in [1.29, 1.82) is 0 Å². The molecule has 0 bridgehead atoms. The fourth-order valence-electron chi connectivity index (χ4n) is 5.65. The molecule has 0 aromatic heterocycles. The topological polar surface area (TPSA) is 99.3 Å². The maximum absolute atomic E-state index is 13.3. The van der Waals surface area contributed by atoms with E-state index in [-0.39, 0.29) is 30.8 Å². The molecule has 0 spiro atoms. The van der Waals surface area contributed by atoms with E-state index >= 15 is 0 Å². The van der Waals surface area contributed by atoms with Gasteiger partial charge < -0.3 is 4.74 Å². The maximum Gasteiger partial charge on any atom is 0.278 e. The van der Waals surface area contributed by atoms with Crippen molar-refractivity contribution in [3.8, 4) is 5.75 Å². The van der Waals surface area contributed by atoms with Crippen LogP contribution in [0, 0.1) is 5.92 Å². The molecule has 3 heterocycles. The van der Waals surface area contributed by atoms with Gasteiger partial charge in [0.05, 0.1) is 12.9 Å². The van der Waals surface area contributed by atoms with Crippen LogP contribution in [0.2, 0.25) is 0 Å². The van der Waals surface area contributed by atoms with Crippen LogP contribution < -0.4 is 9.46 Å². The molecule has 11 heteroatoms. The number of nitrogens with one attached hydrogen (secondary N) is 1. The Labute approximate surface area is 198 Å². The van der Waals surface area contributed by atoms with Gasteiger partial charge in [-0.1, -0.05) is 12.1 Å². The van der Waals surface area contributed by atoms with Crippen LogP contribution in [0.25, 0.3) is 0 Å². The summed E-state index contributed by atoms with van der Waals surface area (Å²) in [6.07, 6.45) is 3.92. The van der Waals surface area contributed by atoms with Gasteiger partial charge in [-0.3, -0.25) is 4.90 Å². The van der Waals surface area contributed by atoms with Gasteiger partial charge in [0.1, 0.15) is 5.75 Å². The summed E-state index contributed by atoms with van der Waals surface area (Å²) in [6.45, 7) is 2.54. The van der Waals surface area contributed by atoms with E-state index in [1.807, 2.05) is 12.1 Å². The molecule has 1 aromatic carbocycles. The Morgan fingerprint density at radius 3 is 2.70 bits per heavy atom. The Morgan fingerprint density at radius 2 is 1.97 bits per heavy atom. The van der Waals surface area contributed by atoms with Crippen molar-refractivity contribution in [3.05, 3.63) is 29.3 Å². The molecular weight excluding hydrogens is 464 g/mol. The summed E-state index contributed by atoms with van der Waals surface area (Å²) in [6, 6.07) is 6.32. The first kappa shape index (κ1) is 24.9. The summed E-state index contributed by atoms with van der Waals surface area (Å²) < 4.78 is 61.3. The van der Waals surface area contributed by atoms with Crippen molar-refractivity contribution < 1.29 is 21.6 Å². The number of methoxy groups -OCH3 is 1. The van der Waals surface area contributed by atoms with Crippen LogP contribution in [-0.2, 0) is 26.7 Å². The molecule has 3 aliphatic rings. The van der Waals surface area contributed by atoms with Crippen molar-refractivity contribution >= 4 is 20.2 Å². The van der Waals surface area contributed by atoms with E-state index in [9.17, 15) is 16.8 Å². The number of fused-ring (bicyclic) bond motifs is 4. The van der Waals surface area contributed by atoms with Gasteiger partial charge in [0.25, 0.3) is 10.2 Å². The molecule has 3 atom stereocenters. The summed E-state index contributed by atoms with van der Waals surface area (Å²) in [5.41, 5.74) is 2.51. The van der Waals surface area contributed by atoms with Crippen molar-refractivity contribution in [2.75, 3.05) is 53.1 Å². The lowest BCUT2D eigenvalue weighted by atomic mass is 9.77. The number of hydrogen-bond acceptors (Lipinski definition) is 6. The van der Waals surface area contributed by atoms with Crippen molar-refractivity contribution in [2.24, 2.45) is 5.92 Å². The van der Waals surface area contributed by atoms with Gasteiger partial charge in [-0.2, -0.15) is 17.0 Å². The van der Waals surface area contributed by atoms with E-state index in [1.54, 1.807) is 11.4 Å². The molecule has 9 nitrogen and oxygen atoms in total. The highest BCUT2D eigenvalue weighted by molar-refractivity contribution is 7.89. The Bertz CT molecular complexity index is 1050. The van der Waals surface area contributed by atoms with Gasteiger partial charge in [0, 0.05) is 57.9 Å². The summed E-state index contributed by atoms with van der Waals surface area (Å²) >= 11 is 0. The molecule has 3 aliphatic heterocycles. The van der Waals surface area contributed by atoms with Gasteiger partial charge in [0.2, 0.25) is 10.0 Å². The first-order chi connectivity index (χ1) is 15.6. The number of benzene rings is 1. The molecule has 0 saturated carbocycles. The Kier molecular flexibility index (Phi) is 7.38. The quantitative estimate of drug-likeness (QED) is 0.539. The first-order valence-corrected chi connectivity index (χ1v) is 14.8. The van der Waals surface area contributed by atoms with Gasteiger partial charge in [-0.05, 0) is 49.7 Å². The lowest BCUT2D eigenvalue weighted by molar-refractivity contribution is 0.0210. The third-order valence-corrected chi connectivity index (χ3v) is 10.8. The van der Waals surface area contributed by atoms with E-state index in [0.717, 1.165) is 48.8 Å². The number of sulfonamides is 1. The molecule has 2 saturated heterocycles. The van der Waals surface area contributed by atoms with Crippen molar-refractivity contribution in [3.63, 3.8) is 0 Å². The number of piperidine rings is 2. The van der Waals surface area contributed by atoms with Gasteiger partial charge in [0.15, 0.2) is 0 Å². The first-order valence-electron chi connectivity index (χ1n) is 11.7. The summed E-state index contributed by atoms with van der Waals surface area (Å²) in [5, 5.41) is 0. The molecule has 4 rings (SSSR count). The average molecular weight is 501 g/mol. The smallest absolute Gasteiger partial charge is 0.278 e. The highest BCUT2D eigenvalue weighted by atomic mass is 32.2. The maximum atomic E-state index is 13.3. The lowest BCUT2D eigenvalue weighted by Gasteiger charge is -2.52. The predicted molar refractivity (Wildman–Crippen MR) is 128 cm³/mol.